The molecular weight excluding hydrogens is 360 g/mol. The van der Waals surface area contributed by atoms with E-state index in [-0.39, 0.29) is 6.10 Å². The zero-order valence-corrected chi connectivity index (χ0v) is 16.7. The minimum absolute atomic E-state index is 0.130. The van der Waals surface area contributed by atoms with Crippen LogP contribution in [0.3, 0.4) is 0 Å². The first kappa shape index (κ1) is 19.6. The van der Waals surface area contributed by atoms with E-state index in [1.54, 1.807) is 19.3 Å². The second kappa shape index (κ2) is 9.72. The van der Waals surface area contributed by atoms with Crippen LogP contribution in [-0.4, -0.2) is 31.1 Å². The van der Waals surface area contributed by atoms with E-state index >= 15 is 0 Å². The van der Waals surface area contributed by atoms with Crippen LogP contribution in [0.4, 0.5) is 0 Å². The van der Waals surface area contributed by atoms with Gasteiger partial charge in [0.2, 0.25) is 0 Å². The molecule has 1 fully saturated rings. The third-order valence-corrected chi connectivity index (χ3v) is 5.08. The summed E-state index contributed by atoms with van der Waals surface area (Å²) >= 11 is 5.83. The van der Waals surface area contributed by atoms with E-state index in [0.717, 1.165) is 37.5 Å². The number of ether oxygens (including phenoxy) is 1. The van der Waals surface area contributed by atoms with E-state index in [0.29, 0.717) is 17.6 Å². The van der Waals surface area contributed by atoms with Gasteiger partial charge in [-0.1, -0.05) is 47.5 Å². The number of rotatable bonds is 5. The first-order chi connectivity index (χ1) is 13.2. The van der Waals surface area contributed by atoms with E-state index in [1.165, 1.54) is 11.1 Å². The molecule has 0 aliphatic carbocycles. The lowest BCUT2D eigenvalue weighted by Crippen LogP contribution is -2.41. The minimum Gasteiger partial charge on any atom is -0.373 e. The van der Waals surface area contributed by atoms with Crippen molar-refractivity contribution in [3.05, 3.63) is 64.4 Å². The van der Waals surface area contributed by atoms with Gasteiger partial charge in [-0.15, -0.1) is 0 Å². The monoisotopic (exact) mass is 386 g/mol. The molecule has 0 radical (unpaired) electrons. The van der Waals surface area contributed by atoms with Gasteiger partial charge >= 0.3 is 0 Å². The minimum atomic E-state index is 0.130. The van der Waals surface area contributed by atoms with Gasteiger partial charge in [-0.3, -0.25) is 4.99 Å². The van der Waals surface area contributed by atoms with Gasteiger partial charge in [0.15, 0.2) is 5.96 Å². The molecule has 0 amide bonds. The van der Waals surface area contributed by atoms with Gasteiger partial charge in [0.1, 0.15) is 5.15 Å². The molecule has 2 aromatic rings. The Hall–Kier alpha value is -2.11. The molecule has 0 spiro atoms. The average Bonchev–Trinajstić information content (AvgIpc) is 2.70. The fourth-order valence-electron chi connectivity index (χ4n) is 3.32. The Kier molecular flexibility index (Phi) is 7.07. The second-order valence-corrected chi connectivity index (χ2v) is 7.29. The number of nitrogens with one attached hydrogen (secondary N) is 2. The largest absolute Gasteiger partial charge is 0.373 e. The highest BCUT2D eigenvalue weighted by Crippen LogP contribution is 2.33. The number of aliphatic imine (C=N–C) groups is 1. The number of hydrogen-bond donors (Lipinski definition) is 2. The maximum Gasteiger partial charge on any atom is 0.191 e. The van der Waals surface area contributed by atoms with Crippen LogP contribution in [0, 0.1) is 12.8 Å². The molecule has 2 heterocycles. The van der Waals surface area contributed by atoms with Crippen molar-refractivity contribution in [2.24, 2.45) is 10.9 Å². The van der Waals surface area contributed by atoms with Crippen LogP contribution < -0.4 is 10.6 Å². The van der Waals surface area contributed by atoms with Crippen LogP contribution in [0.15, 0.2) is 47.6 Å². The summed E-state index contributed by atoms with van der Waals surface area (Å²) in [5.41, 5.74) is 3.58. The van der Waals surface area contributed by atoms with Crippen LogP contribution in [0.25, 0.3) is 0 Å². The normalized spacial score (nSPS) is 20.3. The Morgan fingerprint density at radius 3 is 2.74 bits per heavy atom. The molecule has 27 heavy (non-hydrogen) atoms. The predicted octanol–water partition coefficient (Wildman–Crippen LogP) is 3.88. The molecule has 1 aromatic heterocycles. The van der Waals surface area contributed by atoms with Gasteiger partial charge in [-0.2, -0.15) is 0 Å². The lowest BCUT2D eigenvalue weighted by Gasteiger charge is -2.32. The van der Waals surface area contributed by atoms with E-state index in [4.69, 9.17) is 16.3 Å². The Morgan fingerprint density at radius 2 is 2.04 bits per heavy atom. The number of pyridine rings is 1. The Balaban J connectivity index is 1.55. The van der Waals surface area contributed by atoms with E-state index in [9.17, 15) is 0 Å². The van der Waals surface area contributed by atoms with Gasteiger partial charge in [-0.05, 0) is 37.0 Å². The molecule has 144 valence electrons. The maximum atomic E-state index is 6.10. The molecule has 2 N–H and O–H groups in total. The molecule has 2 atom stereocenters. The number of hydrogen-bond acceptors (Lipinski definition) is 3. The summed E-state index contributed by atoms with van der Waals surface area (Å²) in [6, 6.07) is 12.4. The summed E-state index contributed by atoms with van der Waals surface area (Å²) in [5.74, 6) is 1.19. The smallest absolute Gasteiger partial charge is 0.191 e. The fourth-order valence-corrected chi connectivity index (χ4v) is 3.43. The lowest BCUT2D eigenvalue weighted by atomic mass is 9.89. The van der Waals surface area contributed by atoms with Crippen LogP contribution in [0.1, 0.15) is 35.6 Å². The zero-order chi connectivity index (χ0) is 19.1. The van der Waals surface area contributed by atoms with Crippen molar-refractivity contribution < 1.29 is 4.74 Å². The molecule has 2 unspecified atom stereocenters. The summed E-state index contributed by atoms with van der Waals surface area (Å²) in [4.78, 5) is 8.42. The molecule has 5 nitrogen and oxygen atoms in total. The number of benzene rings is 1. The molecule has 0 bridgehead atoms. The van der Waals surface area contributed by atoms with Gasteiger partial charge in [0.25, 0.3) is 0 Å². The standard InChI is InChI=1S/C21H27ClN4O/c1-15-5-8-17(9-6-15)20-18(4-3-11-27-20)14-26-21(23-2)25-13-16-7-10-19(22)24-12-16/h5-10,12,18,20H,3-4,11,13-14H2,1-2H3,(H2,23,25,26). The first-order valence-corrected chi connectivity index (χ1v) is 9.76. The van der Waals surface area contributed by atoms with Crippen LogP contribution in [0.2, 0.25) is 5.15 Å². The number of nitrogens with zero attached hydrogens (tertiary/aromatic N) is 2. The first-order valence-electron chi connectivity index (χ1n) is 9.39. The topological polar surface area (TPSA) is 58.5 Å². The van der Waals surface area contributed by atoms with E-state index < -0.39 is 0 Å². The quantitative estimate of drug-likeness (QED) is 0.465. The van der Waals surface area contributed by atoms with Crippen LogP contribution in [0.5, 0.6) is 0 Å². The maximum absolute atomic E-state index is 6.10. The third-order valence-electron chi connectivity index (χ3n) is 4.85. The predicted molar refractivity (Wildman–Crippen MR) is 110 cm³/mol. The SMILES string of the molecule is CN=C(NCc1ccc(Cl)nc1)NCC1CCCOC1c1ccc(C)cc1. The molecule has 3 rings (SSSR count). The summed E-state index contributed by atoms with van der Waals surface area (Å²) in [7, 11) is 1.78. The number of aromatic nitrogens is 1. The molecule has 1 aliphatic heterocycles. The second-order valence-electron chi connectivity index (χ2n) is 6.90. The van der Waals surface area contributed by atoms with Crippen LogP contribution >= 0.6 is 11.6 Å². The summed E-state index contributed by atoms with van der Waals surface area (Å²) in [6.45, 7) is 4.39. The van der Waals surface area contributed by atoms with Crippen molar-refractivity contribution in [2.75, 3.05) is 20.2 Å². The molecule has 0 saturated carbocycles. The van der Waals surface area contributed by atoms with Crippen molar-refractivity contribution in [1.82, 2.24) is 15.6 Å². The van der Waals surface area contributed by atoms with Crippen molar-refractivity contribution >= 4 is 17.6 Å². The van der Waals surface area contributed by atoms with E-state index in [2.05, 4.69) is 51.8 Å². The number of halogens is 1. The Labute approximate surface area is 166 Å². The summed E-state index contributed by atoms with van der Waals surface area (Å²) < 4.78 is 6.10. The van der Waals surface area contributed by atoms with Crippen molar-refractivity contribution in [2.45, 2.75) is 32.4 Å². The van der Waals surface area contributed by atoms with Crippen molar-refractivity contribution in [3.8, 4) is 0 Å². The molecule has 1 aromatic carbocycles. The number of aryl methyl sites for hydroxylation is 1. The van der Waals surface area contributed by atoms with E-state index in [1.807, 2.05) is 6.07 Å². The third kappa shape index (κ3) is 5.68. The van der Waals surface area contributed by atoms with Gasteiger partial charge in [0, 0.05) is 38.9 Å². The molecule has 1 saturated heterocycles. The molecular formula is C21H27ClN4O. The Bertz CT molecular complexity index is 746. The van der Waals surface area contributed by atoms with Gasteiger partial charge in [0.05, 0.1) is 6.10 Å². The number of guanidine groups is 1. The molecule has 1 aliphatic rings. The van der Waals surface area contributed by atoms with Gasteiger partial charge in [-0.25, -0.2) is 4.98 Å². The van der Waals surface area contributed by atoms with Crippen molar-refractivity contribution in [1.29, 1.82) is 0 Å². The highest BCUT2D eigenvalue weighted by Gasteiger charge is 2.27. The highest BCUT2D eigenvalue weighted by atomic mass is 35.5. The summed E-state index contributed by atoms with van der Waals surface area (Å²) in [6.07, 6.45) is 4.14. The lowest BCUT2D eigenvalue weighted by molar-refractivity contribution is -0.0265. The Morgan fingerprint density at radius 1 is 1.22 bits per heavy atom. The molecule has 6 heteroatoms. The van der Waals surface area contributed by atoms with Gasteiger partial charge < -0.3 is 15.4 Å². The zero-order valence-electron chi connectivity index (χ0n) is 15.9. The average molecular weight is 387 g/mol. The summed E-state index contributed by atoms with van der Waals surface area (Å²) in [5, 5.41) is 7.27. The fraction of sp³-hybridized carbons (Fsp3) is 0.429. The van der Waals surface area contributed by atoms with Crippen LogP contribution in [-0.2, 0) is 11.3 Å². The van der Waals surface area contributed by atoms with Crippen molar-refractivity contribution in [3.63, 3.8) is 0 Å². The highest BCUT2D eigenvalue weighted by molar-refractivity contribution is 6.29.